The lowest BCUT2D eigenvalue weighted by molar-refractivity contribution is 0.107. The van der Waals surface area contributed by atoms with Crippen molar-refractivity contribution in [3.63, 3.8) is 0 Å². The summed E-state index contributed by atoms with van der Waals surface area (Å²) >= 11 is 7.65. The predicted molar refractivity (Wildman–Crippen MR) is 147 cm³/mol. The molecule has 3 N–H and O–H groups in total. The number of hydrogen-bond acceptors (Lipinski definition) is 8. The van der Waals surface area contributed by atoms with Crippen molar-refractivity contribution >= 4 is 55.0 Å². The summed E-state index contributed by atoms with van der Waals surface area (Å²) in [4.78, 5) is 15.5. The molecule has 0 spiro atoms. The molecule has 1 aliphatic carbocycles. The van der Waals surface area contributed by atoms with Gasteiger partial charge in [0.1, 0.15) is 29.9 Å². The third kappa shape index (κ3) is 4.17. The average Bonchev–Trinajstić information content (AvgIpc) is 3.53. The highest BCUT2D eigenvalue weighted by atomic mass is 35.5. The standard InChI is InChI=1S/C27H26ClF3N6OS/c28-17-9-16-21(20(31)19(17)15-5-6-18(30)23-22(15)34-25(32)39-23)35-26(36-24(16)33-14-3-1-4-14)38-12-27-7-2-8-37(27)11-13(29)10-27/h5-6,9,13-14H,1-4,7-8,10-12H2,(H2,32,34)(H,33,35,36)/t13-,27+/m1/s1. The Labute approximate surface area is 231 Å². The molecule has 2 saturated heterocycles. The molecule has 39 heavy (non-hydrogen) atoms. The highest BCUT2D eigenvalue weighted by molar-refractivity contribution is 7.22. The van der Waals surface area contributed by atoms with Crippen molar-refractivity contribution in [1.29, 1.82) is 0 Å². The Kier molecular flexibility index (Phi) is 6.02. The molecular formula is C27H26ClF3N6OS. The van der Waals surface area contributed by atoms with E-state index in [-0.39, 0.29) is 50.1 Å². The van der Waals surface area contributed by atoms with Crippen LogP contribution in [-0.2, 0) is 0 Å². The van der Waals surface area contributed by atoms with Crippen LogP contribution in [0.2, 0.25) is 5.02 Å². The summed E-state index contributed by atoms with van der Waals surface area (Å²) in [5, 5.41) is 4.10. The molecule has 1 saturated carbocycles. The molecule has 204 valence electrons. The second kappa shape index (κ2) is 9.35. The van der Waals surface area contributed by atoms with Gasteiger partial charge in [0.25, 0.3) is 0 Å². The van der Waals surface area contributed by atoms with E-state index in [1.165, 1.54) is 12.1 Å². The molecule has 12 heteroatoms. The summed E-state index contributed by atoms with van der Waals surface area (Å²) in [6, 6.07) is 4.54. The number of halogens is 4. The van der Waals surface area contributed by atoms with Crippen LogP contribution >= 0.6 is 22.9 Å². The second-order valence-electron chi connectivity index (χ2n) is 10.8. The molecule has 4 heterocycles. The lowest BCUT2D eigenvalue weighted by atomic mass is 9.93. The number of aromatic nitrogens is 3. The van der Waals surface area contributed by atoms with Crippen LogP contribution < -0.4 is 15.8 Å². The van der Waals surface area contributed by atoms with E-state index < -0.39 is 23.3 Å². The lowest BCUT2D eigenvalue weighted by Crippen LogP contribution is -2.43. The number of alkyl halides is 1. The van der Waals surface area contributed by atoms with Crippen LogP contribution in [0, 0.1) is 11.6 Å². The van der Waals surface area contributed by atoms with Crippen molar-refractivity contribution in [3.8, 4) is 17.1 Å². The van der Waals surface area contributed by atoms with Crippen molar-refractivity contribution in [1.82, 2.24) is 19.9 Å². The number of nitrogens with zero attached hydrogens (tertiary/aromatic N) is 4. The molecule has 2 atom stereocenters. The van der Waals surface area contributed by atoms with Gasteiger partial charge in [-0.3, -0.25) is 4.90 Å². The van der Waals surface area contributed by atoms with Gasteiger partial charge in [-0.15, -0.1) is 0 Å². The van der Waals surface area contributed by atoms with E-state index in [4.69, 9.17) is 22.1 Å². The summed E-state index contributed by atoms with van der Waals surface area (Å²) in [5.41, 5.74) is 6.08. The van der Waals surface area contributed by atoms with E-state index in [2.05, 4.69) is 25.2 Å². The summed E-state index contributed by atoms with van der Waals surface area (Å²) in [6.07, 6.45) is 4.38. The first-order chi connectivity index (χ1) is 18.8. The highest BCUT2D eigenvalue weighted by Crippen LogP contribution is 2.43. The molecule has 0 unspecified atom stereocenters. The zero-order valence-corrected chi connectivity index (χ0v) is 22.5. The van der Waals surface area contributed by atoms with Gasteiger partial charge in [0, 0.05) is 35.5 Å². The van der Waals surface area contributed by atoms with Gasteiger partial charge in [0.15, 0.2) is 10.9 Å². The molecule has 7 nitrogen and oxygen atoms in total. The van der Waals surface area contributed by atoms with E-state index in [0.29, 0.717) is 29.7 Å². The predicted octanol–water partition coefficient (Wildman–Crippen LogP) is 6.34. The van der Waals surface area contributed by atoms with Crippen LogP contribution in [0.25, 0.3) is 32.2 Å². The third-order valence-electron chi connectivity index (χ3n) is 8.32. The van der Waals surface area contributed by atoms with Crippen LogP contribution in [0.15, 0.2) is 18.2 Å². The van der Waals surface area contributed by atoms with Gasteiger partial charge in [-0.2, -0.15) is 9.97 Å². The molecule has 0 radical (unpaired) electrons. The molecule has 3 aliphatic rings. The lowest BCUT2D eigenvalue weighted by Gasteiger charge is -2.31. The van der Waals surface area contributed by atoms with Gasteiger partial charge in [-0.05, 0) is 56.8 Å². The van der Waals surface area contributed by atoms with Crippen molar-refractivity contribution < 1.29 is 17.9 Å². The average molecular weight is 575 g/mol. The Morgan fingerprint density at radius 2 is 2.03 bits per heavy atom. The molecule has 4 aromatic rings. The topological polar surface area (TPSA) is 89.2 Å². The summed E-state index contributed by atoms with van der Waals surface area (Å²) in [7, 11) is 0. The zero-order chi connectivity index (χ0) is 26.9. The molecule has 0 bridgehead atoms. The van der Waals surface area contributed by atoms with Gasteiger partial charge < -0.3 is 15.8 Å². The number of nitrogens with two attached hydrogens (primary N) is 1. The first-order valence-corrected chi connectivity index (χ1v) is 14.3. The first kappa shape index (κ1) is 25.1. The molecule has 2 aromatic heterocycles. The Balaban J connectivity index is 1.34. The van der Waals surface area contributed by atoms with Crippen molar-refractivity contribution in [2.45, 2.75) is 56.3 Å². The van der Waals surface area contributed by atoms with E-state index in [1.807, 2.05) is 0 Å². The zero-order valence-electron chi connectivity index (χ0n) is 20.9. The minimum Gasteiger partial charge on any atom is -0.461 e. The molecule has 2 aliphatic heterocycles. The van der Waals surface area contributed by atoms with Crippen LogP contribution in [0.4, 0.5) is 24.1 Å². The van der Waals surface area contributed by atoms with Gasteiger partial charge in [0.05, 0.1) is 20.8 Å². The normalized spacial score (nSPS) is 23.4. The number of ether oxygens (including phenoxy) is 1. The van der Waals surface area contributed by atoms with Crippen molar-refractivity contribution in [3.05, 3.63) is 34.9 Å². The molecule has 2 aromatic carbocycles. The fourth-order valence-corrected chi connectivity index (χ4v) is 7.24. The summed E-state index contributed by atoms with van der Waals surface area (Å²) < 4.78 is 51.4. The fraction of sp³-hybridized carbons (Fsp3) is 0.444. The Morgan fingerprint density at radius 3 is 2.82 bits per heavy atom. The van der Waals surface area contributed by atoms with E-state index >= 15 is 4.39 Å². The van der Waals surface area contributed by atoms with Crippen molar-refractivity contribution in [2.24, 2.45) is 0 Å². The number of benzene rings is 2. The maximum atomic E-state index is 16.4. The van der Waals surface area contributed by atoms with Crippen LogP contribution in [0.1, 0.15) is 38.5 Å². The third-order valence-corrected chi connectivity index (χ3v) is 9.51. The molecule has 3 fully saturated rings. The number of hydrogen-bond donors (Lipinski definition) is 2. The monoisotopic (exact) mass is 574 g/mol. The van der Waals surface area contributed by atoms with Gasteiger partial charge in [-0.1, -0.05) is 22.9 Å². The molecular weight excluding hydrogens is 549 g/mol. The highest BCUT2D eigenvalue weighted by Gasteiger charge is 2.49. The summed E-state index contributed by atoms with van der Waals surface area (Å²) in [6.45, 7) is 1.46. The van der Waals surface area contributed by atoms with E-state index in [9.17, 15) is 8.78 Å². The summed E-state index contributed by atoms with van der Waals surface area (Å²) in [5.74, 6) is -0.746. The van der Waals surface area contributed by atoms with Gasteiger partial charge >= 0.3 is 6.01 Å². The first-order valence-electron chi connectivity index (χ1n) is 13.1. The maximum absolute atomic E-state index is 16.4. The second-order valence-corrected chi connectivity index (χ2v) is 12.2. The minimum atomic E-state index is -0.892. The Bertz CT molecular complexity index is 1610. The van der Waals surface area contributed by atoms with Crippen LogP contribution in [-0.4, -0.2) is 57.3 Å². The van der Waals surface area contributed by atoms with E-state index in [1.54, 1.807) is 6.07 Å². The Morgan fingerprint density at radius 1 is 1.18 bits per heavy atom. The number of nitrogens with one attached hydrogen (secondary N) is 1. The van der Waals surface area contributed by atoms with E-state index in [0.717, 1.165) is 50.0 Å². The smallest absolute Gasteiger partial charge is 0.319 e. The van der Waals surface area contributed by atoms with Crippen LogP contribution in [0.5, 0.6) is 6.01 Å². The number of nitrogen functional groups attached to an aromatic ring is 1. The maximum Gasteiger partial charge on any atom is 0.319 e. The van der Waals surface area contributed by atoms with Crippen molar-refractivity contribution in [2.75, 3.05) is 30.7 Å². The number of fused-ring (bicyclic) bond motifs is 3. The SMILES string of the molecule is Nc1nc2c(-c3c(Cl)cc4c(NC5CCC5)nc(OC[C@@]56CCCN5C[C@H](F)C6)nc4c3F)ccc(F)c2s1. The molecule has 0 amide bonds. The van der Waals surface area contributed by atoms with Gasteiger partial charge in [0.2, 0.25) is 0 Å². The van der Waals surface area contributed by atoms with Crippen LogP contribution in [0.3, 0.4) is 0 Å². The van der Waals surface area contributed by atoms with Gasteiger partial charge in [-0.25, -0.2) is 18.2 Å². The number of anilines is 2. The quantitative estimate of drug-likeness (QED) is 0.278. The number of rotatable bonds is 6. The number of thiazole rings is 1. The largest absolute Gasteiger partial charge is 0.461 e. The molecule has 7 rings (SSSR count). The Hall–Kier alpha value is -2.89. The fourth-order valence-electron chi connectivity index (χ4n) is 6.18. The minimum absolute atomic E-state index is 0.0159.